The van der Waals surface area contributed by atoms with Gasteiger partial charge < -0.3 is 14.9 Å². The fraction of sp³-hybridized carbons (Fsp3) is 0.0714. The summed E-state index contributed by atoms with van der Waals surface area (Å²) in [6, 6.07) is 7.28. The van der Waals surface area contributed by atoms with Gasteiger partial charge in [-0.3, -0.25) is 9.35 Å². The molecule has 0 unspecified atom stereocenters. The molecule has 9 heteroatoms. The first-order chi connectivity index (χ1) is 10.3. The number of aromatic hydroxyl groups is 2. The molecule has 0 saturated carbocycles. The minimum atomic E-state index is -4.66. The molecule has 7 nitrogen and oxygen atoms in total. The predicted octanol–water partition coefficient (Wildman–Crippen LogP) is 0.936. The third-order valence-corrected chi connectivity index (χ3v) is 3.83. The number of phenolic OH excluding ortho intramolecular Hbond substituents is 2. The molecule has 23 heavy (non-hydrogen) atoms. The molecule has 0 bridgehead atoms. The Morgan fingerprint density at radius 2 is 1.65 bits per heavy atom. The number of ether oxygens (including phenoxy) is 1. The van der Waals surface area contributed by atoms with Crippen LogP contribution in [0.3, 0.4) is 0 Å². The van der Waals surface area contributed by atoms with Gasteiger partial charge in [0.25, 0.3) is 10.1 Å². The Morgan fingerprint density at radius 3 is 2.17 bits per heavy atom. The van der Waals surface area contributed by atoms with Crippen molar-refractivity contribution >= 4 is 45.5 Å². The van der Waals surface area contributed by atoms with E-state index in [0.29, 0.717) is 0 Å². The van der Waals surface area contributed by atoms with E-state index < -0.39 is 32.1 Å². The van der Waals surface area contributed by atoms with Gasteiger partial charge in [0.1, 0.15) is 22.1 Å². The van der Waals surface area contributed by atoms with Crippen LogP contribution in [-0.2, 0) is 10.1 Å². The Bertz CT molecular complexity index is 846. The van der Waals surface area contributed by atoms with Crippen LogP contribution in [0, 0.1) is 0 Å². The van der Waals surface area contributed by atoms with Crippen LogP contribution in [0.25, 0.3) is 0 Å². The van der Waals surface area contributed by atoms with Crippen molar-refractivity contribution in [2.75, 3.05) is 7.11 Å². The number of ketones is 1. The standard InChI is InChI=1S/C14H12O7S.Na.H/c1-21-12-7-11(16)9(6-13(12)22(18,19)20)14(17)8-4-2-3-5-10(8)15;;/h2-7,15-16H,1H3,(H,18,19,20);;. The van der Waals surface area contributed by atoms with E-state index in [-0.39, 0.29) is 46.6 Å². The first-order valence-electron chi connectivity index (χ1n) is 5.97. The first kappa shape index (κ1) is 19.5. The summed E-state index contributed by atoms with van der Waals surface area (Å²) in [5.41, 5.74) is -0.515. The zero-order chi connectivity index (χ0) is 16.5. The number of benzene rings is 2. The van der Waals surface area contributed by atoms with E-state index in [0.717, 1.165) is 19.2 Å². The number of phenols is 2. The van der Waals surface area contributed by atoms with Gasteiger partial charge in [-0.25, -0.2) is 0 Å². The van der Waals surface area contributed by atoms with Gasteiger partial charge in [0.15, 0.2) is 0 Å². The quantitative estimate of drug-likeness (QED) is 0.427. The summed E-state index contributed by atoms with van der Waals surface area (Å²) in [6.07, 6.45) is 0. The van der Waals surface area contributed by atoms with E-state index in [9.17, 15) is 28.0 Å². The van der Waals surface area contributed by atoms with Crippen LogP contribution in [0.2, 0.25) is 0 Å². The van der Waals surface area contributed by atoms with Crippen LogP contribution in [-0.4, -0.2) is 65.6 Å². The van der Waals surface area contributed by atoms with Crippen molar-refractivity contribution in [2.24, 2.45) is 0 Å². The van der Waals surface area contributed by atoms with Crippen molar-refractivity contribution in [3.63, 3.8) is 0 Å². The second-order valence-electron chi connectivity index (χ2n) is 4.34. The van der Waals surface area contributed by atoms with Gasteiger partial charge in [-0.1, -0.05) is 12.1 Å². The molecular weight excluding hydrogens is 335 g/mol. The van der Waals surface area contributed by atoms with Crippen LogP contribution in [0.15, 0.2) is 41.3 Å². The number of para-hydroxylation sites is 1. The average molecular weight is 348 g/mol. The summed E-state index contributed by atoms with van der Waals surface area (Å²) in [5, 5.41) is 19.5. The van der Waals surface area contributed by atoms with E-state index in [2.05, 4.69) is 0 Å². The predicted molar refractivity (Wildman–Crippen MR) is 83.2 cm³/mol. The normalized spacial score (nSPS) is 10.7. The Hall–Kier alpha value is -1.58. The van der Waals surface area contributed by atoms with Crippen LogP contribution in [0.4, 0.5) is 0 Å². The number of rotatable bonds is 4. The van der Waals surface area contributed by atoms with Crippen molar-refractivity contribution < 1.29 is 32.7 Å². The topological polar surface area (TPSA) is 121 Å². The summed E-state index contributed by atoms with van der Waals surface area (Å²) in [4.78, 5) is 11.7. The van der Waals surface area contributed by atoms with E-state index in [4.69, 9.17) is 4.74 Å². The van der Waals surface area contributed by atoms with E-state index in [1.165, 1.54) is 24.3 Å². The molecule has 0 heterocycles. The summed E-state index contributed by atoms with van der Waals surface area (Å²) in [6.45, 7) is 0. The Balaban J connectivity index is 0.00000264. The molecule has 2 rings (SSSR count). The fourth-order valence-electron chi connectivity index (χ4n) is 1.90. The second kappa shape index (κ2) is 7.33. The molecule has 0 saturated heterocycles. The van der Waals surface area contributed by atoms with Crippen molar-refractivity contribution in [3.8, 4) is 17.2 Å². The maximum absolute atomic E-state index is 12.3. The molecule has 0 aromatic heterocycles. The van der Waals surface area contributed by atoms with Crippen molar-refractivity contribution in [1.82, 2.24) is 0 Å². The van der Waals surface area contributed by atoms with Gasteiger partial charge in [0.05, 0.1) is 18.2 Å². The van der Waals surface area contributed by atoms with Crippen molar-refractivity contribution in [2.45, 2.75) is 4.90 Å². The number of carbonyl (C=O) groups is 1. The zero-order valence-electron chi connectivity index (χ0n) is 11.3. The molecule has 0 atom stereocenters. The first-order valence-corrected chi connectivity index (χ1v) is 7.41. The monoisotopic (exact) mass is 348 g/mol. The molecule has 0 aliphatic rings. The molecule has 118 valence electrons. The van der Waals surface area contributed by atoms with Crippen LogP contribution >= 0.6 is 0 Å². The van der Waals surface area contributed by atoms with E-state index in [1.54, 1.807) is 0 Å². The molecule has 0 amide bonds. The Kier molecular flexibility index (Phi) is 6.20. The summed E-state index contributed by atoms with van der Waals surface area (Å²) < 4.78 is 36.6. The van der Waals surface area contributed by atoms with Crippen molar-refractivity contribution in [1.29, 1.82) is 0 Å². The molecule has 2 aromatic carbocycles. The van der Waals surface area contributed by atoms with Crippen molar-refractivity contribution in [3.05, 3.63) is 47.5 Å². The Morgan fingerprint density at radius 1 is 1.04 bits per heavy atom. The van der Waals surface area contributed by atoms with Gasteiger partial charge in [-0.2, -0.15) is 8.42 Å². The van der Waals surface area contributed by atoms with Crippen LogP contribution in [0.5, 0.6) is 17.2 Å². The summed E-state index contributed by atoms with van der Waals surface area (Å²) in [5.74, 6) is -1.98. The Labute approximate surface area is 154 Å². The molecule has 0 aliphatic heterocycles. The van der Waals surface area contributed by atoms with Gasteiger partial charge in [-0.15, -0.1) is 0 Å². The van der Waals surface area contributed by atoms with Crippen LogP contribution in [0.1, 0.15) is 15.9 Å². The van der Waals surface area contributed by atoms with Gasteiger partial charge in [-0.05, 0) is 18.2 Å². The molecule has 0 spiro atoms. The van der Waals surface area contributed by atoms with Gasteiger partial charge in [0, 0.05) is 6.07 Å². The number of hydrogen-bond donors (Lipinski definition) is 3. The molecule has 3 N–H and O–H groups in total. The number of hydrogen-bond acceptors (Lipinski definition) is 6. The number of methoxy groups -OCH3 is 1. The molecular formula is C14H13NaO7S. The fourth-order valence-corrected chi connectivity index (χ4v) is 2.57. The average Bonchev–Trinajstić information content (AvgIpc) is 2.45. The zero-order valence-corrected chi connectivity index (χ0v) is 12.2. The van der Waals surface area contributed by atoms with E-state index in [1.807, 2.05) is 0 Å². The molecule has 0 aliphatic carbocycles. The third-order valence-electron chi connectivity index (χ3n) is 2.95. The summed E-state index contributed by atoms with van der Waals surface area (Å²) in [7, 11) is -3.51. The molecule has 0 radical (unpaired) electrons. The maximum atomic E-state index is 12.3. The third kappa shape index (κ3) is 4.04. The van der Waals surface area contributed by atoms with Gasteiger partial charge >= 0.3 is 29.6 Å². The molecule has 2 aromatic rings. The summed E-state index contributed by atoms with van der Waals surface area (Å²) >= 11 is 0. The number of carbonyl (C=O) groups excluding carboxylic acids is 1. The molecule has 0 fully saturated rings. The van der Waals surface area contributed by atoms with Crippen LogP contribution < -0.4 is 4.74 Å². The minimum absolute atomic E-state index is 0. The second-order valence-corrected chi connectivity index (χ2v) is 5.73. The van der Waals surface area contributed by atoms with E-state index >= 15 is 0 Å². The van der Waals surface area contributed by atoms with Gasteiger partial charge in [0.2, 0.25) is 5.78 Å². The SMILES string of the molecule is COc1cc(O)c(C(=O)c2ccccc2O)cc1S(=O)(=O)O.[NaH].